The quantitative estimate of drug-likeness (QED) is 0.718. The molecule has 1 aromatic carbocycles. The number of aromatic nitrogens is 1. The molecule has 16 heavy (non-hydrogen) atoms. The summed E-state index contributed by atoms with van der Waals surface area (Å²) in [6.45, 7) is 5.06. The largest absolute Gasteiger partial charge is 0.349 e. The molecule has 0 atom stereocenters. The first-order valence-electron chi connectivity index (χ1n) is 5.37. The van der Waals surface area contributed by atoms with Gasteiger partial charge in [0.1, 0.15) is 0 Å². The second kappa shape index (κ2) is 4.35. The monoisotopic (exact) mass is 213 g/mol. The van der Waals surface area contributed by atoms with Crippen LogP contribution in [0.4, 0.5) is 0 Å². The van der Waals surface area contributed by atoms with Crippen molar-refractivity contribution in [1.82, 2.24) is 4.57 Å². The topological polar surface area (TPSA) is 22.0 Å². The molecule has 1 aromatic heterocycles. The molecule has 0 unspecified atom stereocenters. The number of rotatable bonds is 3. The SMILES string of the molecule is Cc1cccc(C)c1Cn1ccc(C=O)c1. The van der Waals surface area contributed by atoms with Crippen molar-refractivity contribution in [2.45, 2.75) is 20.4 Å². The summed E-state index contributed by atoms with van der Waals surface area (Å²) in [7, 11) is 0. The smallest absolute Gasteiger partial charge is 0.151 e. The van der Waals surface area contributed by atoms with Gasteiger partial charge in [-0.3, -0.25) is 4.79 Å². The molecular formula is C14H15NO. The van der Waals surface area contributed by atoms with Crippen molar-refractivity contribution in [1.29, 1.82) is 0 Å². The van der Waals surface area contributed by atoms with Crippen LogP contribution in [-0.4, -0.2) is 10.9 Å². The first-order valence-corrected chi connectivity index (χ1v) is 5.37. The molecule has 0 bridgehead atoms. The van der Waals surface area contributed by atoms with Crippen molar-refractivity contribution in [2.24, 2.45) is 0 Å². The third kappa shape index (κ3) is 2.06. The van der Waals surface area contributed by atoms with E-state index in [1.807, 2.05) is 23.0 Å². The molecule has 0 fully saturated rings. The molecule has 2 rings (SSSR count). The number of nitrogens with zero attached hydrogens (tertiary/aromatic N) is 1. The van der Waals surface area contributed by atoms with Crippen LogP contribution in [0.15, 0.2) is 36.7 Å². The zero-order valence-electron chi connectivity index (χ0n) is 9.60. The molecule has 82 valence electrons. The van der Waals surface area contributed by atoms with E-state index in [2.05, 4.69) is 32.0 Å². The molecule has 0 radical (unpaired) electrons. The van der Waals surface area contributed by atoms with Crippen LogP contribution in [0, 0.1) is 13.8 Å². The number of hydrogen-bond donors (Lipinski definition) is 0. The predicted molar refractivity (Wildman–Crippen MR) is 64.8 cm³/mol. The van der Waals surface area contributed by atoms with Gasteiger partial charge in [0.05, 0.1) is 0 Å². The van der Waals surface area contributed by atoms with E-state index < -0.39 is 0 Å². The summed E-state index contributed by atoms with van der Waals surface area (Å²) in [5.41, 5.74) is 4.64. The van der Waals surface area contributed by atoms with Gasteiger partial charge in [0.15, 0.2) is 6.29 Å². The maximum absolute atomic E-state index is 10.6. The van der Waals surface area contributed by atoms with Crippen LogP contribution in [0.1, 0.15) is 27.0 Å². The Labute approximate surface area is 95.5 Å². The second-order valence-corrected chi connectivity index (χ2v) is 4.11. The Morgan fingerprint density at radius 3 is 2.44 bits per heavy atom. The Bertz CT molecular complexity index is 491. The van der Waals surface area contributed by atoms with Gasteiger partial charge in [-0.15, -0.1) is 0 Å². The third-order valence-corrected chi connectivity index (χ3v) is 2.89. The van der Waals surface area contributed by atoms with Crippen molar-refractivity contribution in [3.05, 3.63) is 58.9 Å². The van der Waals surface area contributed by atoms with Crippen LogP contribution < -0.4 is 0 Å². The number of benzene rings is 1. The molecular weight excluding hydrogens is 198 g/mol. The van der Waals surface area contributed by atoms with E-state index in [4.69, 9.17) is 0 Å². The molecule has 0 spiro atoms. The lowest BCUT2D eigenvalue weighted by molar-refractivity contribution is 0.112. The van der Waals surface area contributed by atoms with E-state index in [1.54, 1.807) is 0 Å². The highest BCUT2D eigenvalue weighted by atomic mass is 16.1. The molecule has 2 heteroatoms. The number of aryl methyl sites for hydroxylation is 2. The van der Waals surface area contributed by atoms with Gasteiger partial charge < -0.3 is 4.57 Å². The van der Waals surface area contributed by atoms with E-state index >= 15 is 0 Å². The van der Waals surface area contributed by atoms with Gasteiger partial charge >= 0.3 is 0 Å². The summed E-state index contributed by atoms with van der Waals surface area (Å²) in [5.74, 6) is 0. The Morgan fingerprint density at radius 2 is 1.88 bits per heavy atom. The predicted octanol–water partition coefficient (Wildman–Crippen LogP) is 2.97. The highest BCUT2D eigenvalue weighted by Crippen LogP contribution is 2.15. The lowest BCUT2D eigenvalue weighted by Crippen LogP contribution is -2.01. The van der Waals surface area contributed by atoms with Gasteiger partial charge in [-0.05, 0) is 36.6 Å². The minimum atomic E-state index is 0.728. The minimum Gasteiger partial charge on any atom is -0.349 e. The Morgan fingerprint density at radius 1 is 1.19 bits per heavy atom. The van der Waals surface area contributed by atoms with E-state index in [9.17, 15) is 4.79 Å². The number of carbonyl (C=O) groups excluding carboxylic acids is 1. The first-order chi connectivity index (χ1) is 7.70. The van der Waals surface area contributed by atoms with Crippen LogP contribution in [-0.2, 0) is 6.54 Å². The zero-order valence-corrected chi connectivity index (χ0v) is 9.60. The van der Waals surface area contributed by atoms with Gasteiger partial charge in [0.25, 0.3) is 0 Å². The Balaban J connectivity index is 2.29. The molecule has 2 aromatic rings. The minimum absolute atomic E-state index is 0.728. The Kier molecular flexibility index (Phi) is 2.91. The molecule has 0 N–H and O–H groups in total. The van der Waals surface area contributed by atoms with E-state index in [-0.39, 0.29) is 0 Å². The molecule has 0 amide bonds. The van der Waals surface area contributed by atoms with Crippen LogP contribution in [0.5, 0.6) is 0 Å². The molecule has 1 heterocycles. The van der Waals surface area contributed by atoms with Gasteiger partial charge in [-0.1, -0.05) is 18.2 Å². The molecule has 0 aliphatic rings. The molecule has 0 aliphatic heterocycles. The van der Waals surface area contributed by atoms with Crippen molar-refractivity contribution in [3.63, 3.8) is 0 Å². The molecule has 0 aliphatic carbocycles. The average Bonchev–Trinajstić information content (AvgIpc) is 2.71. The fraction of sp³-hybridized carbons (Fsp3) is 0.214. The van der Waals surface area contributed by atoms with Crippen molar-refractivity contribution < 1.29 is 4.79 Å². The fourth-order valence-corrected chi connectivity index (χ4v) is 1.91. The summed E-state index contributed by atoms with van der Waals surface area (Å²) < 4.78 is 2.04. The van der Waals surface area contributed by atoms with Crippen molar-refractivity contribution in [3.8, 4) is 0 Å². The van der Waals surface area contributed by atoms with E-state index in [0.717, 1.165) is 18.4 Å². The lowest BCUT2D eigenvalue weighted by atomic mass is 10.0. The van der Waals surface area contributed by atoms with E-state index in [0.29, 0.717) is 0 Å². The number of hydrogen-bond acceptors (Lipinski definition) is 1. The van der Waals surface area contributed by atoms with Crippen molar-refractivity contribution in [2.75, 3.05) is 0 Å². The summed E-state index contributed by atoms with van der Waals surface area (Å²) >= 11 is 0. The van der Waals surface area contributed by atoms with Crippen LogP contribution >= 0.6 is 0 Å². The third-order valence-electron chi connectivity index (χ3n) is 2.89. The summed E-state index contributed by atoms with van der Waals surface area (Å²) in [4.78, 5) is 10.6. The number of carbonyl (C=O) groups is 1. The van der Waals surface area contributed by atoms with Crippen molar-refractivity contribution >= 4 is 6.29 Å². The number of aldehydes is 1. The molecule has 2 nitrogen and oxygen atoms in total. The fourth-order valence-electron chi connectivity index (χ4n) is 1.91. The normalized spacial score (nSPS) is 10.4. The standard InChI is InChI=1S/C14H15NO/c1-11-4-3-5-12(2)14(11)9-15-7-6-13(8-15)10-16/h3-8,10H,9H2,1-2H3. The summed E-state index contributed by atoms with van der Waals surface area (Å²) in [5, 5.41) is 0. The summed E-state index contributed by atoms with van der Waals surface area (Å²) in [6, 6.07) is 8.14. The van der Waals surface area contributed by atoms with Crippen LogP contribution in [0.3, 0.4) is 0 Å². The van der Waals surface area contributed by atoms with Gasteiger partial charge in [-0.25, -0.2) is 0 Å². The van der Waals surface area contributed by atoms with Crippen LogP contribution in [0.25, 0.3) is 0 Å². The lowest BCUT2D eigenvalue weighted by Gasteiger charge is -2.10. The van der Waals surface area contributed by atoms with E-state index in [1.165, 1.54) is 16.7 Å². The van der Waals surface area contributed by atoms with Gasteiger partial charge in [-0.2, -0.15) is 0 Å². The highest BCUT2D eigenvalue weighted by molar-refractivity contribution is 5.74. The molecule has 0 saturated heterocycles. The second-order valence-electron chi connectivity index (χ2n) is 4.11. The molecule has 0 saturated carbocycles. The average molecular weight is 213 g/mol. The first kappa shape index (κ1) is 10.7. The highest BCUT2D eigenvalue weighted by Gasteiger charge is 2.03. The Hall–Kier alpha value is -1.83. The van der Waals surface area contributed by atoms with Crippen LogP contribution in [0.2, 0.25) is 0 Å². The van der Waals surface area contributed by atoms with Gasteiger partial charge in [0.2, 0.25) is 0 Å². The maximum Gasteiger partial charge on any atom is 0.151 e. The van der Waals surface area contributed by atoms with Gasteiger partial charge in [0, 0.05) is 24.5 Å². The summed E-state index contributed by atoms with van der Waals surface area (Å²) in [6.07, 6.45) is 4.69. The zero-order chi connectivity index (χ0) is 11.5. The maximum atomic E-state index is 10.6.